The summed E-state index contributed by atoms with van der Waals surface area (Å²) < 4.78 is 17.9. The van der Waals surface area contributed by atoms with Crippen molar-refractivity contribution in [3.05, 3.63) is 66.2 Å². The zero-order valence-corrected chi connectivity index (χ0v) is 18.6. The highest BCUT2D eigenvalue weighted by molar-refractivity contribution is 6.74. The Kier molecular flexibility index (Phi) is 6.42. The normalized spacial score (nSPS) is 13.0. The van der Waals surface area contributed by atoms with E-state index in [1.165, 1.54) is 0 Å². The number of allylic oxidation sites excluding steroid dienone is 1. The number of ether oxygens (including phenoxy) is 2. The molecule has 3 nitrogen and oxygen atoms in total. The molecule has 0 aromatic heterocycles. The number of methoxy groups -OCH3 is 2. The van der Waals surface area contributed by atoms with Crippen molar-refractivity contribution in [2.45, 2.75) is 44.8 Å². The van der Waals surface area contributed by atoms with E-state index in [1.54, 1.807) is 14.2 Å². The van der Waals surface area contributed by atoms with Crippen molar-refractivity contribution in [2.24, 2.45) is 0 Å². The first-order valence-corrected chi connectivity index (χ1v) is 12.2. The van der Waals surface area contributed by atoms with E-state index in [0.29, 0.717) is 0 Å². The molecule has 1 atom stereocenters. The standard InChI is InChI=1S/C23H32O3Si/c1-9-18(17-13-11-10-12-14-17)19-15-21(25-6)22(16-20(19)24-5)26-27(7,8)23(2,3)4/h9-16,18H,1H2,2-8H3. The van der Waals surface area contributed by atoms with E-state index >= 15 is 0 Å². The maximum atomic E-state index is 6.51. The van der Waals surface area contributed by atoms with Gasteiger partial charge >= 0.3 is 0 Å². The predicted molar refractivity (Wildman–Crippen MR) is 116 cm³/mol. The molecule has 0 saturated carbocycles. The van der Waals surface area contributed by atoms with Gasteiger partial charge in [-0.1, -0.05) is 57.2 Å². The number of hydrogen-bond acceptors (Lipinski definition) is 3. The van der Waals surface area contributed by atoms with Gasteiger partial charge < -0.3 is 13.9 Å². The van der Waals surface area contributed by atoms with E-state index in [0.717, 1.165) is 28.4 Å². The van der Waals surface area contributed by atoms with Crippen LogP contribution in [0.3, 0.4) is 0 Å². The first-order chi connectivity index (χ1) is 12.6. The molecule has 0 radical (unpaired) electrons. The minimum absolute atomic E-state index is 0.0111. The third-order valence-electron chi connectivity index (χ3n) is 5.42. The molecule has 2 aromatic carbocycles. The Labute approximate surface area is 165 Å². The van der Waals surface area contributed by atoms with Crippen molar-refractivity contribution < 1.29 is 13.9 Å². The quantitative estimate of drug-likeness (QED) is 0.408. The minimum atomic E-state index is -2.00. The average Bonchev–Trinajstić information content (AvgIpc) is 2.62. The second kappa shape index (κ2) is 8.22. The van der Waals surface area contributed by atoms with Crippen LogP contribution in [0.5, 0.6) is 17.2 Å². The summed E-state index contributed by atoms with van der Waals surface area (Å²) in [5, 5.41) is 0.0948. The van der Waals surface area contributed by atoms with Crippen molar-refractivity contribution in [3.8, 4) is 17.2 Å². The fraction of sp³-hybridized carbons (Fsp3) is 0.391. The number of benzene rings is 2. The summed E-state index contributed by atoms with van der Waals surface area (Å²) in [6.07, 6.45) is 1.93. The molecule has 27 heavy (non-hydrogen) atoms. The Balaban J connectivity index is 2.55. The highest BCUT2D eigenvalue weighted by atomic mass is 28.4. The third-order valence-corrected chi connectivity index (χ3v) is 9.76. The average molecular weight is 385 g/mol. The maximum Gasteiger partial charge on any atom is 0.250 e. The van der Waals surface area contributed by atoms with Crippen LogP contribution in [0.15, 0.2) is 55.1 Å². The number of rotatable bonds is 7. The Morgan fingerprint density at radius 3 is 2.00 bits per heavy atom. The smallest absolute Gasteiger partial charge is 0.250 e. The molecule has 2 aromatic rings. The molecular weight excluding hydrogens is 352 g/mol. The highest BCUT2D eigenvalue weighted by Gasteiger charge is 2.39. The Bertz CT molecular complexity index is 776. The summed E-state index contributed by atoms with van der Waals surface area (Å²) >= 11 is 0. The molecule has 4 heteroatoms. The number of hydrogen-bond donors (Lipinski definition) is 0. The largest absolute Gasteiger partial charge is 0.541 e. The molecule has 146 valence electrons. The van der Waals surface area contributed by atoms with Gasteiger partial charge in [-0.05, 0) is 29.8 Å². The van der Waals surface area contributed by atoms with Crippen LogP contribution in [0, 0.1) is 0 Å². The summed E-state index contributed by atoms with van der Waals surface area (Å²) in [4.78, 5) is 0. The van der Waals surface area contributed by atoms with E-state index in [4.69, 9.17) is 13.9 Å². The molecule has 0 bridgehead atoms. The van der Waals surface area contributed by atoms with Crippen LogP contribution in [0.1, 0.15) is 37.8 Å². The first-order valence-electron chi connectivity index (χ1n) is 9.27. The lowest BCUT2D eigenvalue weighted by Crippen LogP contribution is -2.43. The topological polar surface area (TPSA) is 27.7 Å². The Hall–Kier alpha value is -2.20. The fourth-order valence-electron chi connectivity index (χ4n) is 2.75. The fourth-order valence-corrected chi connectivity index (χ4v) is 3.76. The van der Waals surface area contributed by atoms with Crippen LogP contribution in [0.25, 0.3) is 0 Å². The van der Waals surface area contributed by atoms with Crippen molar-refractivity contribution in [1.29, 1.82) is 0 Å². The van der Waals surface area contributed by atoms with E-state index in [-0.39, 0.29) is 11.0 Å². The van der Waals surface area contributed by atoms with Gasteiger partial charge in [0.25, 0.3) is 8.32 Å². The molecule has 0 N–H and O–H groups in total. The molecule has 0 saturated heterocycles. The van der Waals surface area contributed by atoms with E-state index in [9.17, 15) is 0 Å². The maximum absolute atomic E-state index is 6.51. The van der Waals surface area contributed by atoms with Crippen LogP contribution >= 0.6 is 0 Å². The van der Waals surface area contributed by atoms with Gasteiger partial charge in [0.1, 0.15) is 11.5 Å². The van der Waals surface area contributed by atoms with Crippen molar-refractivity contribution in [1.82, 2.24) is 0 Å². The van der Waals surface area contributed by atoms with Crippen LogP contribution < -0.4 is 13.9 Å². The van der Waals surface area contributed by atoms with E-state index < -0.39 is 8.32 Å². The second-order valence-electron chi connectivity index (χ2n) is 8.23. The zero-order valence-electron chi connectivity index (χ0n) is 17.6. The van der Waals surface area contributed by atoms with Gasteiger partial charge in [-0.3, -0.25) is 0 Å². The highest BCUT2D eigenvalue weighted by Crippen LogP contribution is 2.44. The Morgan fingerprint density at radius 1 is 0.926 bits per heavy atom. The molecule has 0 fully saturated rings. The monoisotopic (exact) mass is 384 g/mol. The van der Waals surface area contributed by atoms with Gasteiger partial charge in [-0.25, -0.2) is 0 Å². The summed E-state index contributed by atoms with van der Waals surface area (Å²) in [7, 11) is 1.36. The van der Waals surface area contributed by atoms with Gasteiger partial charge in [0, 0.05) is 17.5 Å². The van der Waals surface area contributed by atoms with Crippen molar-refractivity contribution in [2.75, 3.05) is 14.2 Å². The lowest BCUT2D eigenvalue weighted by Gasteiger charge is -2.37. The summed E-state index contributed by atoms with van der Waals surface area (Å²) in [6.45, 7) is 15.2. The first kappa shape index (κ1) is 21.1. The predicted octanol–water partition coefficient (Wildman–Crippen LogP) is 6.41. The molecule has 0 aliphatic rings. The minimum Gasteiger partial charge on any atom is -0.541 e. The lowest BCUT2D eigenvalue weighted by molar-refractivity contribution is 0.375. The van der Waals surface area contributed by atoms with Crippen molar-refractivity contribution >= 4 is 8.32 Å². The van der Waals surface area contributed by atoms with E-state index in [2.05, 4.69) is 52.6 Å². The molecule has 0 spiro atoms. The van der Waals surface area contributed by atoms with Gasteiger partial charge in [0.2, 0.25) is 0 Å². The zero-order chi connectivity index (χ0) is 20.2. The molecule has 1 unspecified atom stereocenters. The summed E-state index contributed by atoms with van der Waals surface area (Å²) in [5.74, 6) is 2.24. The Morgan fingerprint density at radius 2 is 1.52 bits per heavy atom. The van der Waals surface area contributed by atoms with Gasteiger partial charge in [0.05, 0.1) is 14.2 Å². The van der Waals surface area contributed by atoms with E-state index in [1.807, 2.05) is 36.4 Å². The van der Waals surface area contributed by atoms with Crippen LogP contribution in [0.4, 0.5) is 0 Å². The lowest BCUT2D eigenvalue weighted by atomic mass is 9.90. The third kappa shape index (κ3) is 4.56. The van der Waals surface area contributed by atoms with Gasteiger partial charge in [-0.15, -0.1) is 6.58 Å². The molecule has 0 heterocycles. The van der Waals surface area contributed by atoms with Crippen LogP contribution in [-0.2, 0) is 0 Å². The summed E-state index contributed by atoms with van der Waals surface area (Å²) in [6, 6.07) is 14.2. The van der Waals surface area contributed by atoms with Gasteiger partial charge in [-0.2, -0.15) is 0 Å². The molecule has 0 aliphatic carbocycles. The molecule has 0 amide bonds. The van der Waals surface area contributed by atoms with Crippen LogP contribution in [0.2, 0.25) is 18.1 Å². The summed E-state index contributed by atoms with van der Waals surface area (Å²) in [5.41, 5.74) is 2.17. The van der Waals surface area contributed by atoms with Crippen LogP contribution in [-0.4, -0.2) is 22.5 Å². The van der Waals surface area contributed by atoms with Gasteiger partial charge in [0.15, 0.2) is 5.75 Å². The molecular formula is C23H32O3Si. The SMILES string of the molecule is C=CC(c1ccccc1)c1cc(OC)c(O[Si](C)(C)C(C)(C)C)cc1OC. The molecule has 2 rings (SSSR count). The second-order valence-corrected chi connectivity index (χ2v) is 13.0. The molecule has 0 aliphatic heterocycles. The van der Waals surface area contributed by atoms with Crippen molar-refractivity contribution in [3.63, 3.8) is 0 Å².